The van der Waals surface area contributed by atoms with E-state index >= 15 is 0 Å². The fraction of sp³-hybridized carbons (Fsp3) is 0.778. The number of carbonyl (C=O) groups is 2. The summed E-state index contributed by atoms with van der Waals surface area (Å²) in [5.74, 6) is -0.970. The standard InChI is InChI=1S/C9H14N2O4/c12-7-1-2-9(14-5-6-15-9)3-4-10-8(13)11-7/h1-6H2,(H2,10,11,12,13). The van der Waals surface area contributed by atoms with Gasteiger partial charge in [0, 0.05) is 25.8 Å². The molecule has 2 heterocycles. The number of urea groups is 1. The Morgan fingerprint density at radius 3 is 2.60 bits per heavy atom. The second-order valence-corrected chi connectivity index (χ2v) is 3.66. The Kier molecular flexibility index (Phi) is 2.88. The van der Waals surface area contributed by atoms with Crippen LogP contribution in [0.15, 0.2) is 0 Å². The van der Waals surface area contributed by atoms with E-state index in [9.17, 15) is 9.59 Å². The molecule has 2 N–H and O–H groups in total. The minimum atomic E-state index is -0.672. The van der Waals surface area contributed by atoms with E-state index in [2.05, 4.69) is 10.6 Å². The van der Waals surface area contributed by atoms with Crippen LogP contribution in [-0.4, -0.2) is 37.5 Å². The molecule has 0 saturated carbocycles. The molecule has 0 aromatic rings. The summed E-state index contributed by atoms with van der Waals surface area (Å²) in [4.78, 5) is 22.3. The summed E-state index contributed by atoms with van der Waals surface area (Å²) in [6.45, 7) is 1.55. The van der Waals surface area contributed by atoms with E-state index in [1.54, 1.807) is 0 Å². The number of carbonyl (C=O) groups excluding carboxylic acids is 2. The molecule has 2 saturated heterocycles. The number of ether oxygens (including phenoxy) is 2. The summed E-state index contributed by atoms with van der Waals surface area (Å²) in [7, 11) is 0. The van der Waals surface area contributed by atoms with Gasteiger partial charge in [0.05, 0.1) is 13.2 Å². The van der Waals surface area contributed by atoms with Crippen molar-refractivity contribution in [3.8, 4) is 0 Å². The summed E-state index contributed by atoms with van der Waals surface area (Å²) >= 11 is 0. The third kappa shape index (κ3) is 2.45. The van der Waals surface area contributed by atoms with Crippen LogP contribution in [-0.2, 0) is 14.3 Å². The van der Waals surface area contributed by atoms with E-state index in [0.29, 0.717) is 32.6 Å². The Hall–Kier alpha value is -1.14. The van der Waals surface area contributed by atoms with Crippen molar-refractivity contribution in [2.45, 2.75) is 25.0 Å². The number of rotatable bonds is 0. The Morgan fingerprint density at radius 2 is 1.87 bits per heavy atom. The van der Waals surface area contributed by atoms with E-state index in [4.69, 9.17) is 9.47 Å². The van der Waals surface area contributed by atoms with Gasteiger partial charge in [-0.05, 0) is 0 Å². The van der Waals surface area contributed by atoms with Gasteiger partial charge in [-0.1, -0.05) is 0 Å². The summed E-state index contributed by atoms with van der Waals surface area (Å²) in [5, 5.41) is 4.80. The third-order valence-corrected chi connectivity index (χ3v) is 2.59. The predicted octanol–water partition coefficient (Wildman–Crippen LogP) is -0.261. The third-order valence-electron chi connectivity index (χ3n) is 2.59. The van der Waals surface area contributed by atoms with Crippen LogP contribution in [0.1, 0.15) is 19.3 Å². The highest BCUT2D eigenvalue weighted by molar-refractivity contribution is 5.94. The van der Waals surface area contributed by atoms with Crippen molar-refractivity contribution in [2.24, 2.45) is 0 Å². The first kappa shape index (κ1) is 10.4. The van der Waals surface area contributed by atoms with Gasteiger partial charge >= 0.3 is 6.03 Å². The van der Waals surface area contributed by atoms with Crippen molar-refractivity contribution in [3.05, 3.63) is 0 Å². The van der Waals surface area contributed by atoms with E-state index in [1.165, 1.54) is 0 Å². The van der Waals surface area contributed by atoms with Crippen molar-refractivity contribution >= 4 is 11.9 Å². The molecule has 2 fully saturated rings. The smallest absolute Gasteiger partial charge is 0.321 e. The number of hydrogen-bond donors (Lipinski definition) is 2. The highest BCUT2D eigenvalue weighted by Crippen LogP contribution is 2.28. The number of nitrogens with one attached hydrogen (secondary N) is 2. The lowest BCUT2D eigenvalue weighted by Gasteiger charge is -2.26. The maximum atomic E-state index is 11.3. The average molecular weight is 214 g/mol. The topological polar surface area (TPSA) is 76.7 Å². The van der Waals surface area contributed by atoms with Crippen LogP contribution in [0, 0.1) is 0 Å². The minimum Gasteiger partial charge on any atom is -0.347 e. The Bertz CT molecular complexity index is 273. The van der Waals surface area contributed by atoms with Crippen molar-refractivity contribution in [3.63, 3.8) is 0 Å². The Morgan fingerprint density at radius 1 is 1.13 bits per heavy atom. The van der Waals surface area contributed by atoms with Crippen LogP contribution < -0.4 is 10.6 Å². The second-order valence-electron chi connectivity index (χ2n) is 3.66. The lowest BCUT2D eigenvalue weighted by atomic mass is 10.1. The molecule has 3 amide bonds. The quantitative estimate of drug-likeness (QED) is 0.582. The normalized spacial score (nSPS) is 26.4. The Labute approximate surface area is 87.3 Å². The van der Waals surface area contributed by atoms with Gasteiger partial charge in [-0.25, -0.2) is 4.79 Å². The number of amides is 3. The van der Waals surface area contributed by atoms with Crippen molar-refractivity contribution in [1.82, 2.24) is 10.6 Å². The summed E-state index contributed by atoms with van der Waals surface area (Å²) in [6, 6.07) is -0.449. The molecule has 15 heavy (non-hydrogen) atoms. The van der Waals surface area contributed by atoms with Crippen LogP contribution in [0.3, 0.4) is 0 Å². The van der Waals surface area contributed by atoms with Gasteiger partial charge in [0.25, 0.3) is 0 Å². The molecule has 1 spiro atoms. The minimum absolute atomic E-state index is 0.243. The van der Waals surface area contributed by atoms with Gasteiger partial charge in [0.1, 0.15) is 0 Å². The second kappa shape index (κ2) is 4.16. The molecular weight excluding hydrogens is 200 g/mol. The van der Waals surface area contributed by atoms with Crippen LogP contribution in [0.25, 0.3) is 0 Å². The molecule has 0 aromatic heterocycles. The van der Waals surface area contributed by atoms with Gasteiger partial charge < -0.3 is 14.8 Å². The maximum absolute atomic E-state index is 11.3. The summed E-state index contributed by atoms with van der Waals surface area (Å²) in [6.07, 6.45) is 1.31. The number of hydrogen-bond acceptors (Lipinski definition) is 4. The molecular formula is C9H14N2O4. The van der Waals surface area contributed by atoms with Gasteiger partial charge in [-0.2, -0.15) is 0 Å². The molecule has 0 aliphatic carbocycles. The molecule has 2 aliphatic heterocycles. The van der Waals surface area contributed by atoms with Crippen LogP contribution in [0.2, 0.25) is 0 Å². The average Bonchev–Trinajstić information content (AvgIpc) is 2.65. The Balaban J connectivity index is 2.02. The lowest BCUT2D eigenvalue weighted by Crippen LogP contribution is -2.39. The van der Waals surface area contributed by atoms with Gasteiger partial charge in [0.2, 0.25) is 5.91 Å². The molecule has 2 rings (SSSR count). The van der Waals surface area contributed by atoms with Gasteiger partial charge in [-0.15, -0.1) is 0 Å². The van der Waals surface area contributed by atoms with Crippen LogP contribution in [0.4, 0.5) is 4.79 Å². The molecule has 6 nitrogen and oxygen atoms in total. The monoisotopic (exact) mass is 214 g/mol. The molecule has 84 valence electrons. The van der Waals surface area contributed by atoms with Crippen molar-refractivity contribution < 1.29 is 19.1 Å². The fourth-order valence-electron chi connectivity index (χ4n) is 1.81. The first-order valence-electron chi connectivity index (χ1n) is 5.06. The van der Waals surface area contributed by atoms with Gasteiger partial charge in [0.15, 0.2) is 5.79 Å². The lowest BCUT2D eigenvalue weighted by molar-refractivity contribution is -0.167. The zero-order valence-electron chi connectivity index (χ0n) is 8.38. The van der Waals surface area contributed by atoms with E-state index in [0.717, 1.165) is 0 Å². The highest BCUT2D eigenvalue weighted by Gasteiger charge is 2.37. The van der Waals surface area contributed by atoms with Crippen LogP contribution >= 0.6 is 0 Å². The summed E-state index contributed by atoms with van der Waals surface area (Å²) < 4.78 is 11.0. The molecule has 0 aromatic carbocycles. The van der Waals surface area contributed by atoms with E-state index in [1.807, 2.05) is 0 Å². The molecule has 2 aliphatic rings. The number of imide groups is 1. The highest BCUT2D eigenvalue weighted by atomic mass is 16.7. The van der Waals surface area contributed by atoms with E-state index < -0.39 is 11.8 Å². The maximum Gasteiger partial charge on any atom is 0.321 e. The van der Waals surface area contributed by atoms with Gasteiger partial charge in [-0.3, -0.25) is 10.1 Å². The predicted molar refractivity (Wildman–Crippen MR) is 50.0 cm³/mol. The zero-order chi connectivity index (χ0) is 10.7. The first-order valence-corrected chi connectivity index (χ1v) is 5.06. The molecule has 0 radical (unpaired) electrons. The summed E-state index contributed by atoms with van der Waals surface area (Å²) in [5.41, 5.74) is 0. The molecule has 0 unspecified atom stereocenters. The van der Waals surface area contributed by atoms with Crippen molar-refractivity contribution in [2.75, 3.05) is 19.8 Å². The van der Waals surface area contributed by atoms with Crippen LogP contribution in [0.5, 0.6) is 0 Å². The van der Waals surface area contributed by atoms with E-state index in [-0.39, 0.29) is 12.3 Å². The molecule has 6 heteroatoms. The molecule has 0 bridgehead atoms. The van der Waals surface area contributed by atoms with Crippen molar-refractivity contribution in [1.29, 1.82) is 0 Å². The zero-order valence-corrected chi connectivity index (χ0v) is 8.38. The fourth-order valence-corrected chi connectivity index (χ4v) is 1.81. The molecule has 0 atom stereocenters. The first-order chi connectivity index (χ1) is 7.20. The SMILES string of the molecule is O=C1CCC2(CCNC(=O)N1)OCCO2. The largest absolute Gasteiger partial charge is 0.347 e.